The molecule has 1 saturated heterocycles. The second-order valence-electron chi connectivity index (χ2n) is 14.9. The summed E-state index contributed by atoms with van der Waals surface area (Å²) in [4.78, 5) is 43.9. The molecule has 5 rings (SSSR count). The van der Waals surface area contributed by atoms with Crippen molar-refractivity contribution in [2.75, 3.05) is 0 Å². The van der Waals surface area contributed by atoms with E-state index in [0.717, 1.165) is 39.7 Å². The summed E-state index contributed by atoms with van der Waals surface area (Å²) >= 11 is 0. The number of H-pyrrole nitrogens is 1. The van der Waals surface area contributed by atoms with Crippen molar-refractivity contribution in [1.82, 2.24) is 15.6 Å². The number of hydrogen-bond donors (Lipinski definition) is 5. The molecule has 1 aliphatic heterocycles. The van der Waals surface area contributed by atoms with Gasteiger partial charge in [0.2, 0.25) is 0 Å². The fourth-order valence-electron chi connectivity index (χ4n) is 6.84. The molecule has 3 unspecified atom stereocenters. The number of aldehydes is 1. The van der Waals surface area contributed by atoms with Gasteiger partial charge in [-0.25, -0.2) is 0 Å². The molecule has 0 saturated carbocycles. The van der Waals surface area contributed by atoms with Gasteiger partial charge in [0.05, 0.1) is 5.56 Å². The van der Waals surface area contributed by atoms with Crippen molar-refractivity contribution in [3.63, 3.8) is 0 Å². The van der Waals surface area contributed by atoms with Gasteiger partial charge in [-0.1, -0.05) is 86.6 Å². The summed E-state index contributed by atoms with van der Waals surface area (Å²) in [6.07, 6.45) is 16.7. The zero-order valence-electron chi connectivity index (χ0n) is 30.6. The number of rotatable bonds is 10. The van der Waals surface area contributed by atoms with Gasteiger partial charge in [-0.15, -0.1) is 6.58 Å². The van der Waals surface area contributed by atoms with Crippen molar-refractivity contribution in [2.24, 2.45) is 11.8 Å². The molecule has 51 heavy (non-hydrogen) atoms. The lowest BCUT2D eigenvalue weighted by molar-refractivity contribution is -0.138. The smallest absolute Gasteiger partial charge is 0.268 e. The van der Waals surface area contributed by atoms with Gasteiger partial charge in [0.15, 0.2) is 6.29 Å². The lowest BCUT2D eigenvalue weighted by Gasteiger charge is -2.44. The summed E-state index contributed by atoms with van der Waals surface area (Å²) in [6, 6.07) is 7.68. The van der Waals surface area contributed by atoms with Crippen LogP contribution in [0.4, 0.5) is 0 Å². The first-order chi connectivity index (χ1) is 24.1. The minimum Gasteiger partial charge on any atom is -0.507 e. The van der Waals surface area contributed by atoms with Crippen molar-refractivity contribution in [2.45, 2.75) is 78.7 Å². The fraction of sp³-hybridized carbons (Fsp3) is 0.326. The van der Waals surface area contributed by atoms with Crippen LogP contribution in [0.1, 0.15) is 93.2 Å². The van der Waals surface area contributed by atoms with Crippen molar-refractivity contribution in [3.8, 4) is 11.5 Å². The molecule has 8 nitrogen and oxygen atoms in total. The van der Waals surface area contributed by atoms with Crippen LogP contribution >= 0.6 is 0 Å². The highest BCUT2D eigenvalue weighted by molar-refractivity contribution is 6.11. The van der Waals surface area contributed by atoms with Crippen molar-refractivity contribution in [3.05, 3.63) is 118 Å². The molecule has 1 fully saturated rings. The Labute approximate surface area is 300 Å². The average molecular weight is 688 g/mol. The van der Waals surface area contributed by atoms with Crippen LogP contribution in [0.2, 0.25) is 0 Å². The second kappa shape index (κ2) is 14.5. The van der Waals surface area contributed by atoms with E-state index in [2.05, 4.69) is 54.3 Å². The molecule has 8 heteroatoms. The van der Waals surface area contributed by atoms with E-state index in [0.29, 0.717) is 24.7 Å². The number of benzene rings is 2. The highest BCUT2D eigenvalue weighted by Gasteiger charge is 2.51. The van der Waals surface area contributed by atoms with Crippen LogP contribution in [-0.4, -0.2) is 38.8 Å². The summed E-state index contributed by atoms with van der Waals surface area (Å²) in [6.45, 7) is 18.1. The van der Waals surface area contributed by atoms with E-state index >= 15 is 0 Å². The Kier molecular flexibility index (Phi) is 10.5. The summed E-state index contributed by atoms with van der Waals surface area (Å²) in [5.41, 5.74) is 4.87. The molecule has 0 bridgehead atoms. The number of allylic oxidation sites excluding steroid dienone is 6. The Hall–Kier alpha value is -5.37. The SMILES string of the molecule is C=CC(C)(C)c1[nH]c2cc(CC=C(C)C)ccc2c1/C=C1\NC(=O)C2(CC(C)C=CC2/C=C/c2c(O)cc(CC=C(C)C)c(O)c2C=O)NC1=O. The number of hydrogen-bond acceptors (Lipinski definition) is 5. The van der Waals surface area contributed by atoms with Crippen LogP contribution in [0.15, 0.2) is 84.1 Å². The number of aromatic hydroxyl groups is 2. The fourth-order valence-corrected chi connectivity index (χ4v) is 6.84. The van der Waals surface area contributed by atoms with Gasteiger partial charge in [-0.2, -0.15) is 0 Å². The van der Waals surface area contributed by atoms with Gasteiger partial charge < -0.3 is 25.8 Å². The quantitative estimate of drug-likeness (QED) is 0.0636. The third-order valence-electron chi connectivity index (χ3n) is 9.94. The Morgan fingerprint density at radius 3 is 2.37 bits per heavy atom. The maximum atomic E-state index is 14.2. The van der Waals surface area contributed by atoms with E-state index in [1.165, 1.54) is 17.7 Å². The lowest BCUT2D eigenvalue weighted by atomic mass is 9.71. The predicted octanol–water partition coefficient (Wildman–Crippen LogP) is 8.12. The molecule has 3 atom stereocenters. The Morgan fingerprint density at radius 1 is 1.00 bits per heavy atom. The Morgan fingerprint density at radius 2 is 1.71 bits per heavy atom. The molecular weight excluding hydrogens is 638 g/mol. The summed E-state index contributed by atoms with van der Waals surface area (Å²) in [5.74, 6) is -1.81. The number of carbonyl (C=O) groups is 3. The van der Waals surface area contributed by atoms with E-state index in [4.69, 9.17) is 0 Å². The molecule has 1 spiro atoms. The highest BCUT2D eigenvalue weighted by atomic mass is 16.3. The molecule has 5 N–H and O–H groups in total. The maximum absolute atomic E-state index is 14.2. The molecule has 1 aliphatic carbocycles. The number of phenolic OH excluding ortho intramolecular Hbond substituents is 2. The van der Waals surface area contributed by atoms with E-state index in [-0.39, 0.29) is 40.1 Å². The summed E-state index contributed by atoms with van der Waals surface area (Å²) in [5, 5.41) is 28.7. The van der Waals surface area contributed by atoms with Crippen LogP contribution in [-0.2, 0) is 27.8 Å². The largest absolute Gasteiger partial charge is 0.507 e. The van der Waals surface area contributed by atoms with Crippen molar-refractivity contribution in [1.29, 1.82) is 0 Å². The molecule has 266 valence electrons. The number of nitrogens with one attached hydrogen (secondary N) is 3. The van der Waals surface area contributed by atoms with E-state index in [1.54, 1.807) is 12.2 Å². The number of amides is 2. The molecule has 2 aliphatic rings. The number of aromatic nitrogens is 1. The van der Waals surface area contributed by atoms with Gasteiger partial charge in [-0.3, -0.25) is 14.4 Å². The zero-order valence-corrected chi connectivity index (χ0v) is 30.6. The van der Waals surface area contributed by atoms with Crippen LogP contribution in [0.5, 0.6) is 11.5 Å². The normalized spacial score (nSPS) is 21.2. The third-order valence-corrected chi connectivity index (χ3v) is 9.94. The first-order valence-electron chi connectivity index (χ1n) is 17.4. The second-order valence-corrected chi connectivity index (χ2v) is 14.9. The first kappa shape index (κ1) is 36.9. The minimum atomic E-state index is -1.33. The molecule has 1 aromatic heterocycles. The Balaban J connectivity index is 1.52. The number of piperazine rings is 1. The predicted molar refractivity (Wildman–Crippen MR) is 205 cm³/mol. The minimum absolute atomic E-state index is 0.0160. The number of aromatic amines is 1. The molecule has 0 radical (unpaired) electrons. The molecule has 2 amide bonds. The third kappa shape index (κ3) is 7.41. The summed E-state index contributed by atoms with van der Waals surface area (Å²) < 4.78 is 0. The van der Waals surface area contributed by atoms with Gasteiger partial charge in [0.25, 0.3) is 11.8 Å². The van der Waals surface area contributed by atoms with Gasteiger partial charge in [0.1, 0.15) is 22.7 Å². The molecule has 2 heterocycles. The van der Waals surface area contributed by atoms with Crippen LogP contribution in [0, 0.1) is 11.8 Å². The highest BCUT2D eigenvalue weighted by Crippen LogP contribution is 2.40. The topological polar surface area (TPSA) is 132 Å². The van der Waals surface area contributed by atoms with Crippen LogP contribution < -0.4 is 10.6 Å². The van der Waals surface area contributed by atoms with Gasteiger partial charge in [0, 0.05) is 44.6 Å². The number of fused-ring (bicyclic) bond motifs is 1. The Bertz CT molecular complexity index is 2060. The summed E-state index contributed by atoms with van der Waals surface area (Å²) in [7, 11) is 0. The maximum Gasteiger partial charge on any atom is 0.268 e. The van der Waals surface area contributed by atoms with E-state index < -0.39 is 22.8 Å². The zero-order chi connectivity index (χ0) is 37.2. The number of carbonyl (C=O) groups excluding carboxylic acids is 3. The van der Waals surface area contributed by atoms with Crippen LogP contribution in [0.3, 0.4) is 0 Å². The van der Waals surface area contributed by atoms with Crippen molar-refractivity contribution < 1.29 is 24.6 Å². The lowest BCUT2D eigenvalue weighted by Crippen LogP contribution is -2.68. The molecule has 2 aromatic carbocycles. The van der Waals surface area contributed by atoms with Crippen molar-refractivity contribution >= 4 is 41.2 Å². The molecular formula is C43H49N3O5. The van der Waals surface area contributed by atoms with E-state index in [1.807, 2.05) is 65.0 Å². The van der Waals surface area contributed by atoms with E-state index in [9.17, 15) is 24.6 Å². The van der Waals surface area contributed by atoms with Crippen LogP contribution in [0.25, 0.3) is 23.1 Å². The standard InChI is InChI=1S/C43H49N3O5/c1-9-42(7,8)39-33(31-18-14-28(13-10-25(2)3)20-35(31)44-39)22-36-40(50)46-43(41(51)45-36)23-27(6)12-16-30(43)17-19-32-34(24-47)38(49)29(21-37(32)48)15-11-26(4)5/h9-12,14,16-22,24,27,30,44,48-49H,1,13,15,23H2,2-8H3,(H,45,51)(H,46,50)/b19-17+,36-22-. The number of phenols is 2. The average Bonchev–Trinajstić information content (AvgIpc) is 3.44. The van der Waals surface area contributed by atoms with Gasteiger partial charge in [-0.05, 0) is 76.6 Å². The first-order valence-corrected chi connectivity index (χ1v) is 17.4. The monoisotopic (exact) mass is 687 g/mol. The molecule has 3 aromatic rings. The van der Waals surface area contributed by atoms with Gasteiger partial charge >= 0.3 is 0 Å².